The van der Waals surface area contributed by atoms with E-state index in [0.717, 1.165) is 13.1 Å². The van der Waals surface area contributed by atoms with Gasteiger partial charge in [-0.3, -0.25) is 0 Å². The van der Waals surface area contributed by atoms with Crippen molar-refractivity contribution in [2.75, 3.05) is 13.1 Å². The highest BCUT2D eigenvalue weighted by Crippen LogP contribution is 1.82. The largest absolute Gasteiger partial charge is 0.313 e. The Morgan fingerprint density at radius 2 is 2.33 bits per heavy atom. The molecule has 0 saturated carbocycles. The molecule has 1 rings (SSSR count). The van der Waals surface area contributed by atoms with Crippen LogP contribution < -0.4 is 5.32 Å². The van der Waals surface area contributed by atoms with Crippen molar-refractivity contribution in [3.05, 3.63) is 18.6 Å². The third-order valence-electron chi connectivity index (χ3n) is 0.797. The van der Waals surface area contributed by atoms with Gasteiger partial charge in [-0.25, -0.2) is 0 Å². The minimum absolute atomic E-state index is 1.04. The van der Waals surface area contributed by atoms with Gasteiger partial charge in [0.2, 0.25) is 0 Å². The molecule has 1 radical (unpaired) electrons. The highest BCUT2D eigenvalue weighted by atomic mass is 14.8. The molecule has 0 atom stereocenters. The van der Waals surface area contributed by atoms with E-state index < -0.39 is 0 Å². The molecule has 0 aromatic heterocycles. The Hall–Kier alpha value is -0.300. The molecule has 1 heterocycles. The van der Waals surface area contributed by atoms with E-state index >= 15 is 0 Å². The summed E-state index contributed by atoms with van der Waals surface area (Å²) in [5, 5.41) is 3.14. The maximum Gasteiger partial charge on any atom is 0.0135 e. The zero-order valence-corrected chi connectivity index (χ0v) is 3.65. The average molecular weight is 82.1 g/mol. The van der Waals surface area contributed by atoms with E-state index in [4.69, 9.17) is 0 Å². The van der Waals surface area contributed by atoms with Gasteiger partial charge >= 0.3 is 0 Å². The molecule has 33 valence electrons. The van der Waals surface area contributed by atoms with E-state index in [-0.39, 0.29) is 0 Å². The van der Waals surface area contributed by atoms with Crippen LogP contribution in [0.25, 0.3) is 0 Å². The highest BCUT2D eigenvalue weighted by molar-refractivity contribution is 5.01. The molecule has 6 heavy (non-hydrogen) atoms. The molecule has 0 aromatic rings. The van der Waals surface area contributed by atoms with Crippen molar-refractivity contribution in [3.63, 3.8) is 0 Å². The Morgan fingerprint density at radius 3 is 2.50 bits per heavy atom. The van der Waals surface area contributed by atoms with Gasteiger partial charge in [-0.1, -0.05) is 12.2 Å². The molecule has 0 bridgehead atoms. The summed E-state index contributed by atoms with van der Waals surface area (Å²) < 4.78 is 0. The summed E-state index contributed by atoms with van der Waals surface area (Å²) in [5.41, 5.74) is 0. The van der Waals surface area contributed by atoms with Crippen molar-refractivity contribution in [1.29, 1.82) is 0 Å². The Bertz CT molecular complexity index is 49.0. The molecule has 0 amide bonds. The normalized spacial score (nSPS) is 21.3. The van der Waals surface area contributed by atoms with E-state index in [1.807, 2.05) is 0 Å². The van der Waals surface area contributed by atoms with Crippen LogP contribution in [-0.4, -0.2) is 13.1 Å². The molecule has 1 aliphatic rings. The third-order valence-corrected chi connectivity index (χ3v) is 0.797. The zero-order valence-electron chi connectivity index (χ0n) is 3.65. The lowest BCUT2D eigenvalue weighted by molar-refractivity contribution is 0.801. The van der Waals surface area contributed by atoms with Crippen LogP contribution >= 0.6 is 0 Å². The van der Waals surface area contributed by atoms with Crippen molar-refractivity contribution in [2.45, 2.75) is 0 Å². The van der Waals surface area contributed by atoms with Crippen LogP contribution in [-0.2, 0) is 0 Å². The summed E-state index contributed by atoms with van der Waals surface area (Å²) >= 11 is 0. The summed E-state index contributed by atoms with van der Waals surface area (Å²) in [6, 6.07) is 0. The van der Waals surface area contributed by atoms with Gasteiger partial charge in [-0.15, -0.1) is 0 Å². The van der Waals surface area contributed by atoms with Crippen LogP contribution in [0.2, 0.25) is 0 Å². The highest BCUT2D eigenvalue weighted by Gasteiger charge is 1.85. The van der Waals surface area contributed by atoms with E-state index in [9.17, 15) is 0 Å². The van der Waals surface area contributed by atoms with Gasteiger partial charge < -0.3 is 5.32 Å². The fourth-order valence-electron chi connectivity index (χ4n) is 0.482. The maximum atomic E-state index is 3.14. The lowest BCUT2D eigenvalue weighted by Gasteiger charge is -2.00. The van der Waals surface area contributed by atoms with E-state index in [0.29, 0.717) is 0 Å². The van der Waals surface area contributed by atoms with Crippen molar-refractivity contribution < 1.29 is 0 Å². The summed E-state index contributed by atoms with van der Waals surface area (Å²) in [5.74, 6) is 0. The van der Waals surface area contributed by atoms with Crippen LogP contribution in [0.1, 0.15) is 0 Å². The van der Waals surface area contributed by atoms with Gasteiger partial charge in [-0.05, 0) is 6.42 Å². The minimum atomic E-state index is 1.04. The Balaban J connectivity index is 2.26. The lowest BCUT2D eigenvalue weighted by Crippen LogP contribution is -2.17. The Morgan fingerprint density at radius 1 is 1.33 bits per heavy atom. The second kappa shape index (κ2) is 1.98. The summed E-state index contributed by atoms with van der Waals surface area (Å²) in [7, 11) is 0. The fraction of sp³-hybridized carbons (Fsp3) is 0.400. The number of nitrogens with one attached hydrogen (secondary N) is 1. The standard InChI is InChI=1S/C5H8N/c1-2-4-6-5-3-1/h1-3,6H,4-5H2. The monoisotopic (exact) mass is 82.1 g/mol. The van der Waals surface area contributed by atoms with E-state index in [1.165, 1.54) is 0 Å². The first-order chi connectivity index (χ1) is 3.00. The molecule has 0 fully saturated rings. The molecular weight excluding hydrogens is 74.1 g/mol. The van der Waals surface area contributed by atoms with Crippen LogP contribution in [0.4, 0.5) is 0 Å². The van der Waals surface area contributed by atoms with Gasteiger partial charge in [0, 0.05) is 13.1 Å². The zero-order chi connectivity index (χ0) is 4.24. The van der Waals surface area contributed by atoms with Gasteiger partial charge in [0.05, 0.1) is 0 Å². The van der Waals surface area contributed by atoms with Crippen LogP contribution in [0.5, 0.6) is 0 Å². The first-order valence-corrected chi connectivity index (χ1v) is 2.19. The van der Waals surface area contributed by atoms with E-state index in [2.05, 4.69) is 23.9 Å². The third kappa shape index (κ3) is 0.830. The van der Waals surface area contributed by atoms with Crippen molar-refractivity contribution in [1.82, 2.24) is 5.32 Å². The summed E-state index contributed by atoms with van der Waals surface area (Å²) in [6.45, 7) is 2.08. The molecule has 1 heteroatoms. The molecule has 1 aliphatic heterocycles. The lowest BCUT2D eigenvalue weighted by atomic mass is 10.3. The Labute approximate surface area is 38.1 Å². The second-order valence-electron chi connectivity index (χ2n) is 1.32. The van der Waals surface area contributed by atoms with Gasteiger partial charge in [0.25, 0.3) is 0 Å². The SMILES string of the molecule is [CH]1C=CCNC1. The quantitative estimate of drug-likeness (QED) is 0.444. The predicted molar refractivity (Wildman–Crippen MR) is 26.3 cm³/mol. The smallest absolute Gasteiger partial charge is 0.0135 e. The molecule has 0 aliphatic carbocycles. The topological polar surface area (TPSA) is 12.0 Å². The molecule has 0 unspecified atom stereocenters. The van der Waals surface area contributed by atoms with Crippen LogP contribution in [0, 0.1) is 6.42 Å². The molecule has 0 spiro atoms. The molecule has 0 saturated heterocycles. The first kappa shape index (κ1) is 3.88. The van der Waals surface area contributed by atoms with Gasteiger partial charge in [0.15, 0.2) is 0 Å². The molecular formula is C5H8N. The van der Waals surface area contributed by atoms with Gasteiger partial charge in [-0.2, -0.15) is 0 Å². The second-order valence-corrected chi connectivity index (χ2v) is 1.32. The first-order valence-electron chi connectivity index (χ1n) is 2.19. The van der Waals surface area contributed by atoms with Crippen LogP contribution in [0.15, 0.2) is 12.2 Å². The minimum Gasteiger partial charge on any atom is -0.313 e. The molecule has 0 aromatic carbocycles. The summed E-state index contributed by atoms with van der Waals surface area (Å²) in [6.07, 6.45) is 6.28. The maximum absolute atomic E-state index is 3.14. The molecule has 1 nitrogen and oxygen atoms in total. The average Bonchev–Trinajstić information content (AvgIpc) is 1.72. The van der Waals surface area contributed by atoms with E-state index in [1.54, 1.807) is 0 Å². The van der Waals surface area contributed by atoms with Gasteiger partial charge in [0.1, 0.15) is 0 Å². The van der Waals surface area contributed by atoms with Crippen molar-refractivity contribution in [3.8, 4) is 0 Å². The number of rotatable bonds is 0. The summed E-state index contributed by atoms with van der Waals surface area (Å²) in [4.78, 5) is 0. The fourth-order valence-corrected chi connectivity index (χ4v) is 0.482. The number of hydrogen-bond acceptors (Lipinski definition) is 1. The number of hydrogen-bond donors (Lipinski definition) is 1. The Kier molecular flexibility index (Phi) is 1.28. The van der Waals surface area contributed by atoms with Crippen molar-refractivity contribution in [2.24, 2.45) is 0 Å². The van der Waals surface area contributed by atoms with Crippen molar-refractivity contribution >= 4 is 0 Å². The molecule has 1 N–H and O–H groups in total. The van der Waals surface area contributed by atoms with Crippen LogP contribution in [0.3, 0.4) is 0 Å². The predicted octanol–water partition coefficient (Wildman–Crippen LogP) is 0.350.